The molecule has 74 valence electrons. The van der Waals surface area contributed by atoms with E-state index in [1.165, 1.54) is 11.5 Å². The van der Waals surface area contributed by atoms with Crippen LogP contribution in [0, 0.1) is 5.41 Å². The molecule has 0 fully saturated rings. The van der Waals surface area contributed by atoms with E-state index in [1.807, 2.05) is 0 Å². The lowest BCUT2D eigenvalue weighted by Gasteiger charge is -2.34. The molecule has 0 N–H and O–H groups in total. The Balaban J connectivity index is 2.74. The molecule has 1 atom stereocenters. The molecule has 0 saturated carbocycles. The van der Waals surface area contributed by atoms with Gasteiger partial charge in [-0.3, -0.25) is 0 Å². The van der Waals surface area contributed by atoms with Gasteiger partial charge < -0.3 is 4.90 Å². The van der Waals surface area contributed by atoms with E-state index in [4.69, 9.17) is 0 Å². The molecule has 4 heteroatoms. The zero-order chi connectivity index (χ0) is 10.1. The van der Waals surface area contributed by atoms with Crippen LogP contribution >= 0.6 is 11.5 Å². The molecule has 0 amide bonds. The van der Waals surface area contributed by atoms with Crippen LogP contribution in [0.2, 0.25) is 0 Å². The second kappa shape index (κ2) is 3.62. The molecule has 0 aromatic carbocycles. The molecule has 1 heterocycles. The van der Waals surface area contributed by atoms with Crippen molar-refractivity contribution in [1.29, 1.82) is 0 Å². The molecule has 0 radical (unpaired) electrons. The van der Waals surface area contributed by atoms with Crippen molar-refractivity contribution in [3.05, 3.63) is 6.33 Å². The van der Waals surface area contributed by atoms with Gasteiger partial charge in [-0.25, -0.2) is 4.98 Å². The summed E-state index contributed by atoms with van der Waals surface area (Å²) in [6, 6.07) is 0.459. The van der Waals surface area contributed by atoms with Gasteiger partial charge in [0.15, 0.2) is 0 Å². The average Bonchev–Trinajstić information content (AvgIpc) is 2.51. The Labute approximate surface area is 84.0 Å². The first-order chi connectivity index (χ1) is 5.93. The number of aromatic nitrogens is 2. The summed E-state index contributed by atoms with van der Waals surface area (Å²) in [6.45, 7) is 8.90. The molecule has 1 unspecified atom stereocenters. The van der Waals surface area contributed by atoms with Crippen molar-refractivity contribution in [1.82, 2.24) is 9.36 Å². The molecule has 3 nitrogen and oxygen atoms in total. The van der Waals surface area contributed by atoms with E-state index in [-0.39, 0.29) is 5.41 Å². The van der Waals surface area contributed by atoms with Gasteiger partial charge in [-0.15, -0.1) is 0 Å². The topological polar surface area (TPSA) is 29.0 Å². The highest BCUT2D eigenvalue weighted by Gasteiger charge is 2.25. The summed E-state index contributed by atoms with van der Waals surface area (Å²) in [5.41, 5.74) is 0.264. The van der Waals surface area contributed by atoms with Gasteiger partial charge in [0.1, 0.15) is 6.33 Å². The Morgan fingerprint density at radius 2 is 2.08 bits per heavy atom. The largest absolute Gasteiger partial charge is 0.347 e. The number of hydrogen-bond donors (Lipinski definition) is 0. The van der Waals surface area contributed by atoms with E-state index in [9.17, 15) is 0 Å². The Morgan fingerprint density at radius 1 is 1.46 bits per heavy atom. The molecule has 1 rings (SSSR count). The van der Waals surface area contributed by atoms with Gasteiger partial charge in [0, 0.05) is 24.6 Å². The Morgan fingerprint density at radius 3 is 2.46 bits per heavy atom. The van der Waals surface area contributed by atoms with E-state index in [1.54, 1.807) is 6.33 Å². The first-order valence-electron chi connectivity index (χ1n) is 4.42. The fraction of sp³-hybridized carbons (Fsp3) is 0.778. The van der Waals surface area contributed by atoms with Crippen LogP contribution in [0.25, 0.3) is 0 Å². The summed E-state index contributed by atoms with van der Waals surface area (Å²) in [7, 11) is 2.07. The van der Waals surface area contributed by atoms with E-state index in [2.05, 4.69) is 49.0 Å². The van der Waals surface area contributed by atoms with Crippen LogP contribution in [0.1, 0.15) is 27.7 Å². The van der Waals surface area contributed by atoms with Crippen molar-refractivity contribution >= 4 is 16.7 Å². The van der Waals surface area contributed by atoms with Gasteiger partial charge in [-0.05, 0) is 12.3 Å². The van der Waals surface area contributed by atoms with Gasteiger partial charge in [0.25, 0.3) is 0 Å². The second-order valence-electron chi connectivity index (χ2n) is 4.38. The maximum Gasteiger partial charge on any atom is 0.204 e. The summed E-state index contributed by atoms with van der Waals surface area (Å²) in [6.07, 6.45) is 1.60. The van der Waals surface area contributed by atoms with Crippen LogP contribution in [0.3, 0.4) is 0 Å². The quantitative estimate of drug-likeness (QED) is 0.732. The van der Waals surface area contributed by atoms with Crippen LogP contribution in [0.15, 0.2) is 6.33 Å². The summed E-state index contributed by atoms with van der Waals surface area (Å²) in [4.78, 5) is 6.36. The molecule has 0 aliphatic heterocycles. The Kier molecular flexibility index (Phi) is 2.91. The Hall–Kier alpha value is -0.640. The molecule has 0 bridgehead atoms. The molecule has 0 aliphatic rings. The highest BCUT2D eigenvalue weighted by Crippen LogP contribution is 2.27. The molecular formula is C9H17N3S. The lowest BCUT2D eigenvalue weighted by Crippen LogP contribution is -2.39. The normalized spacial score (nSPS) is 14.2. The maximum absolute atomic E-state index is 4.18. The maximum atomic E-state index is 4.18. The van der Waals surface area contributed by atoms with Gasteiger partial charge in [-0.2, -0.15) is 4.37 Å². The molecule has 1 aromatic heterocycles. The first kappa shape index (κ1) is 10.4. The van der Waals surface area contributed by atoms with Gasteiger partial charge in [-0.1, -0.05) is 20.8 Å². The van der Waals surface area contributed by atoms with E-state index in [0.717, 1.165) is 5.13 Å². The number of rotatable bonds is 2. The smallest absolute Gasteiger partial charge is 0.204 e. The number of anilines is 1. The molecule has 0 aliphatic carbocycles. The van der Waals surface area contributed by atoms with E-state index in [0.29, 0.717) is 6.04 Å². The zero-order valence-corrected chi connectivity index (χ0v) is 9.72. The first-order valence-corrected chi connectivity index (χ1v) is 5.20. The summed E-state index contributed by atoms with van der Waals surface area (Å²) >= 11 is 1.44. The summed E-state index contributed by atoms with van der Waals surface area (Å²) in [5.74, 6) is 0. The van der Waals surface area contributed by atoms with Crippen molar-refractivity contribution in [3.63, 3.8) is 0 Å². The lowest BCUT2D eigenvalue weighted by atomic mass is 9.87. The highest BCUT2D eigenvalue weighted by atomic mass is 32.1. The minimum Gasteiger partial charge on any atom is -0.347 e. The van der Waals surface area contributed by atoms with Crippen molar-refractivity contribution in [3.8, 4) is 0 Å². The third-order valence-electron chi connectivity index (χ3n) is 2.49. The lowest BCUT2D eigenvalue weighted by molar-refractivity contribution is 0.329. The van der Waals surface area contributed by atoms with Gasteiger partial charge >= 0.3 is 0 Å². The van der Waals surface area contributed by atoms with Crippen LogP contribution in [-0.4, -0.2) is 22.4 Å². The monoisotopic (exact) mass is 199 g/mol. The van der Waals surface area contributed by atoms with Crippen molar-refractivity contribution in [2.24, 2.45) is 5.41 Å². The van der Waals surface area contributed by atoms with Crippen molar-refractivity contribution in [2.75, 3.05) is 11.9 Å². The van der Waals surface area contributed by atoms with Crippen LogP contribution in [0.5, 0.6) is 0 Å². The van der Waals surface area contributed by atoms with Gasteiger partial charge in [0.05, 0.1) is 0 Å². The average molecular weight is 199 g/mol. The fourth-order valence-corrected chi connectivity index (χ4v) is 1.64. The Bertz CT molecular complexity index is 250. The minimum atomic E-state index is 0.264. The van der Waals surface area contributed by atoms with E-state index >= 15 is 0 Å². The SMILES string of the molecule is CC(N(C)c1ncns1)C(C)(C)C. The minimum absolute atomic E-state index is 0.264. The molecule has 0 saturated heterocycles. The van der Waals surface area contributed by atoms with Crippen LogP contribution < -0.4 is 4.90 Å². The molecular weight excluding hydrogens is 182 g/mol. The fourth-order valence-electron chi connectivity index (χ4n) is 1.07. The van der Waals surface area contributed by atoms with Crippen LogP contribution in [-0.2, 0) is 0 Å². The van der Waals surface area contributed by atoms with Crippen molar-refractivity contribution in [2.45, 2.75) is 33.7 Å². The predicted octanol–water partition coefficient (Wildman–Crippen LogP) is 2.41. The molecule has 1 aromatic rings. The molecule has 0 spiro atoms. The summed E-state index contributed by atoms with van der Waals surface area (Å²) < 4.78 is 4.00. The van der Waals surface area contributed by atoms with E-state index < -0.39 is 0 Å². The third kappa shape index (κ3) is 2.40. The third-order valence-corrected chi connectivity index (χ3v) is 3.24. The second-order valence-corrected chi connectivity index (χ2v) is 5.14. The number of nitrogens with zero attached hydrogens (tertiary/aromatic N) is 3. The number of hydrogen-bond acceptors (Lipinski definition) is 4. The molecule has 13 heavy (non-hydrogen) atoms. The summed E-state index contributed by atoms with van der Waals surface area (Å²) in [5, 5.41) is 0.988. The van der Waals surface area contributed by atoms with Crippen molar-refractivity contribution < 1.29 is 0 Å². The highest BCUT2D eigenvalue weighted by molar-refractivity contribution is 7.09. The zero-order valence-electron chi connectivity index (χ0n) is 8.90. The predicted molar refractivity (Wildman–Crippen MR) is 57.2 cm³/mol. The standard InChI is InChI=1S/C9H17N3S/c1-7(9(2,3)4)12(5)8-10-6-11-13-8/h6-7H,1-5H3. The van der Waals surface area contributed by atoms with Gasteiger partial charge in [0.2, 0.25) is 5.13 Å². The van der Waals surface area contributed by atoms with Crippen LogP contribution in [0.4, 0.5) is 5.13 Å².